The lowest BCUT2D eigenvalue weighted by atomic mass is 9.65. The van der Waals surface area contributed by atoms with E-state index in [1.165, 1.54) is 0 Å². The van der Waals surface area contributed by atoms with Gasteiger partial charge in [-0.25, -0.2) is 4.79 Å². The standard InChI is InChI=1S/C30H29BrO5/c1-29(2)13-21(32)26-23(15-29)36-24-16-30(3,4)14-22(33)27(24)25(26)17-7-11-20(12-8-17)35-28(34)18-5-9-19(31)10-6-18/h5-12,25H,13-16H2,1-4H3. The highest BCUT2D eigenvalue weighted by molar-refractivity contribution is 9.10. The predicted octanol–water partition coefficient (Wildman–Crippen LogP) is 7.07. The van der Waals surface area contributed by atoms with Crippen molar-refractivity contribution >= 4 is 33.5 Å². The first-order valence-electron chi connectivity index (χ1n) is 12.2. The number of Topliss-reactive ketones (excluding diaryl/α,β-unsaturated/α-hetero) is 2. The van der Waals surface area contributed by atoms with E-state index >= 15 is 0 Å². The molecule has 0 saturated carbocycles. The first-order valence-corrected chi connectivity index (χ1v) is 13.0. The van der Waals surface area contributed by atoms with E-state index in [-0.39, 0.29) is 22.4 Å². The van der Waals surface area contributed by atoms with Crippen molar-refractivity contribution in [3.63, 3.8) is 0 Å². The van der Waals surface area contributed by atoms with E-state index in [2.05, 4.69) is 43.6 Å². The minimum atomic E-state index is -0.466. The van der Waals surface area contributed by atoms with Gasteiger partial charge >= 0.3 is 5.97 Å². The molecule has 0 radical (unpaired) electrons. The molecule has 0 aromatic heterocycles. The van der Waals surface area contributed by atoms with Crippen molar-refractivity contribution in [3.8, 4) is 5.75 Å². The van der Waals surface area contributed by atoms with Crippen molar-refractivity contribution in [1.82, 2.24) is 0 Å². The molecule has 0 unspecified atom stereocenters. The van der Waals surface area contributed by atoms with Crippen LogP contribution < -0.4 is 4.74 Å². The van der Waals surface area contributed by atoms with Gasteiger partial charge in [-0.15, -0.1) is 0 Å². The Bertz CT molecular complexity index is 1270. The molecule has 3 aliphatic rings. The number of rotatable bonds is 3. The molecular weight excluding hydrogens is 520 g/mol. The fourth-order valence-corrected chi connectivity index (χ4v) is 5.75. The largest absolute Gasteiger partial charge is 0.465 e. The van der Waals surface area contributed by atoms with Gasteiger partial charge in [-0.2, -0.15) is 0 Å². The lowest BCUT2D eigenvalue weighted by Gasteiger charge is -2.42. The molecule has 1 aliphatic heterocycles. The van der Waals surface area contributed by atoms with Crippen molar-refractivity contribution < 1.29 is 23.9 Å². The van der Waals surface area contributed by atoms with E-state index in [9.17, 15) is 14.4 Å². The van der Waals surface area contributed by atoms with Crippen molar-refractivity contribution in [2.75, 3.05) is 0 Å². The summed E-state index contributed by atoms with van der Waals surface area (Å²) in [5.41, 5.74) is 2.07. The quantitative estimate of drug-likeness (QED) is 0.303. The highest BCUT2D eigenvalue weighted by atomic mass is 79.9. The van der Waals surface area contributed by atoms with Gasteiger partial charge in [0.2, 0.25) is 0 Å². The summed E-state index contributed by atoms with van der Waals surface area (Å²) < 4.78 is 12.8. The van der Waals surface area contributed by atoms with Crippen LogP contribution in [0, 0.1) is 10.8 Å². The maximum absolute atomic E-state index is 13.4. The number of allylic oxidation sites excluding steroid dienone is 4. The molecule has 5 rings (SSSR count). The number of ketones is 2. The Labute approximate surface area is 219 Å². The second-order valence-electron chi connectivity index (χ2n) is 11.6. The lowest BCUT2D eigenvalue weighted by molar-refractivity contribution is -0.120. The molecule has 6 heteroatoms. The Hall–Kier alpha value is -2.99. The number of esters is 1. The maximum Gasteiger partial charge on any atom is 0.343 e. The van der Waals surface area contributed by atoms with Gasteiger partial charge in [0.15, 0.2) is 11.6 Å². The third kappa shape index (κ3) is 4.71. The second-order valence-corrected chi connectivity index (χ2v) is 12.5. The molecule has 0 bridgehead atoms. The maximum atomic E-state index is 13.4. The number of carbonyl (C=O) groups is 3. The molecule has 0 saturated heterocycles. The minimum absolute atomic E-state index is 0.0289. The van der Waals surface area contributed by atoms with Crippen molar-refractivity contribution in [1.29, 1.82) is 0 Å². The number of carbonyl (C=O) groups excluding carboxylic acids is 3. The van der Waals surface area contributed by atoms with E-state index in [0.29, 0.717) is 59.7 Å². The van der Waals surface area contributed by atoms with Crippen LogP contribution in [0.1, 0.15) is 75.2 Å². The van der Waals surface area contributed by atoms with Crippen LogP contribution in [0.15, 0.2) is 75.7 Å². The number of hydrogen-bond donors (Lipinski definition) is 0. The van der Waals surface area contributed by atoms with Crippen LogP contribution >= 0.6 is 15.9 Å². The summed E-state index contributed by atoms with van der Waals surface area (Å²) in [6.07, 6.45) is 2.13. The monoisotopic (exact) mass is 548 g/mol. The van der Waals surface area contributed by atoms with E-state index in [0.717, 1.165) is 10.0 Å². The van der Waals surface area contributed by atoms with E-state index in [1.807, 2.05) is 12.1 Å². The first-order chi connectivity index (χ1) is 16.9. The van der Waals surface area contributed by atoms with Gasteiger partial charge in [-0.05, 0) is 52.8 Å². The normalized spacial score (nSPS) is 21.0. The number of halogens is 1. The smallest absolute Gasteiger partial charge is 0.343 e. The molecule has 0 atom stereocenters. The molecule has 36 heavy (non-hydrogen) atoms. The molecule has 5 nitrogen and oxygen atoms in total. The SMILES string of the molecule is CC1(C)CC(=O)C2=C(C1)OC1=C(C(=O)CC(C)(C)C1)C2c1ccc(OC(=O)c2ccc(Br)cc2)cc1. The van der Waals surface area contributed by atoms with Gasteiger partial charge in [-0.3, -0.25) is 9.59 Å². The van der Waals surface area contributed by atoms with Crippen LogP contribution in [0.25, 0.3) is 0 Å². The number of benzene rings is 2. The fraction of sp³-hybridized carbons (Fsp3) is 0.367. The number of ether oxygens (including phenoxy) is 2. The molecule has 0 fully saturated rings. The van der Waals surface area contributed by atoms with Crippen molar-refractivity contribution in [3.05, 3.63) is 86.8 Å². The van der Waals surface area contributed by atoms with Gasteiger partial charge in [0, 0.05) is 47.2 Å². The molecule has 186 valence electrons. The van der Waals surface area contributed by atoms with Crippen molar-refractivity contribution in [2.24, 2.45) is 10.8 Å². The topological polar surface area (TPSA) is 69.7 Å². The highest BCUT2D eigenvalue weighted by Crippen LogP contribution is 2.53. The van der Waals surface area contributed by atoms with Crippen LogP contribution in [0.4, 0.5) is 0 Å². The Morgan fingerprint density at radius 2 is 1.31 bits per heavy atom. The summed E-state index contributed by atoms with van der Waals surface area (Å²) in [4.78, 5) is 39.3. The Morgan fingerprint density at radius 1 is 0.806 bits per heavy atom. The third-order valence-corrected chi connectivity index (χ3v) is 7.61. The van der Waals surface area contributed by atoms with Gasteiger partial charge < -0.3 is 9.47 Å². The average molecular weight is 549 g/mol. The molecule has 1 heterocycles. The van der Waals surface area contributed by atoms with E-state index in [1.54, 1.807) is 36.4 Å². The van der Waals surface area contributed by atoms with Gasteiger partial charge in [0.1, 0.15) is 17.3 Å². The summed E-state index contributed by atoms with van der Waals surface area (Å²) in [6.45, 7) is 8.28. The zero-order chi connectivity index (χ0) is 25.8. The lowest BCUT2D eigenvalue weighted by Crippen LogP contribution is -2.37. The van der Waals surface area contributed by atoms with E-state index < -0.39 is 11.9 Å². The molecule has 2 aliphatic carbocycles. The summed E-state index contributed by atoms with van der Waals surface area (Å²) in [5, 5.41) is 0. The Kier molecular flexibility index (Phi) is 6.06. The predicted molar refractivity (Wildman–Crippen MR) is 139 cm³/mol. The third-order valence-electron chi connectivity index (χ3n) is 7.09. The molecule has 0 N–H and O–H groups in total. The first kappa shape index (κ1) is 24.7. The molecule has 2 aromatic rings. The van der Waals surface area contributed by atoms with Crippen LogP contribution in [-0.2, 0) is 14.3 Å². The second kappa shape index (κ2) is 8.84. The van der Waals surface area contributed by atoms with Gasteiger partial charge in [-0.1, -0.05) is 55.8 Å². The summed E-state index contributed by atoms with van der Waals surface area (Å²) in [6, 6.07) is 14.1. The highest BCUT2D eigenvalue weighted by Gasteiger charge is 2.47. The zero-order valence-corrected chi connectivity index (χ0v) is 22.5. The van der Waals surface area contributed by atoms with E-state index in [4.69, 9.17) is 9.47 Å². The van der Waals surface area contributed by atoms with Gasteiger partial charge in [0.05, 0.1) is 5.56 Å². The molecular formula is C30H29BrO5. The summed E-state index contributed by atoms with van der Waals surface area (Å²) in [5.74, 6) is 0.919. The van der Waals surface area contributed by atoms with Crippen LogP contribution in [0.3, 0.4) is 0 Å². The van der Waals surface area contributed by atoms with Crippen LogP contribution in [0.5, 0.6) is 5.75 Å². The molecule has 0 amide bonds. The Morgan fingerprint density at radius 3 is 1.81 bits per heavy atom. The fourth-order valence-electron chi connectivity index (χ4n) is 5.49. The summed E-state index contributed by atoms with van der Waals surface area (Å²) >= 11 is 3.36. The minimum Gasteiger partial charge on any atom is -0.465 e. The Balaban J connectivity index is 1.50. The van der Waals surface area contributed by atoms with Crippen molar-refractivity contribution in [2.45, 2.75) is 59.3 Å². The number of hydrogen-bond acceptors (Lipinski definition) is 5. The zero-order valence-electron chi connectivity index (χ0n) is 20.9. The molecule has 0 spiro atoms. The summed E-state index contributed by atoms with van der Waals surface area (Å²) in [7, 11) is 0. The van der Waals surface area contributed by atoms with Gasteiger partial charge in [0.25, 0.3) is 0 Å². The van der Waals surface area contributed by atoms with Crippen LogP contribution in [0.2, 0.25) is 0 Å². The van der Waals surface area contributed by atoms with Crippen LogP contribution in [-0.4, -0.2) is 17.5 Å². The molecule has 2 aromatic carbocycles. The average Bonchev–Trinajstić information content (AvgIpc) is 2.77.